The SMILES string of the molecule is O=C(O)C1CCCN(C(=O)C2CCCC(F)(F)C2)C1. The highest BCUT2D eigenvalue weighted by molar-refractivity contribution is 5.80. The van der Waals surface area contributed by atoms with Crippen LogP contribution in [0.2, 0.25) is 0 Å². The number of amides is 1. The van der Waals surface area contributed by atoms with Gasteiger partial charge in [-0.1, -0.05) is 0 Å². The minimum atomic E-state index is -2.75. The number of carboxylic acid groups (broad SMARTS) is 1. The zero-order valence-electron chi connectivity index (χ0n) is 10.8. The molecule has 1 heterocycles. The van der Waals surface area contributed by atoms with Crippen LogP contribution in [0.1, 0.15) is 38.5 Å². The Morgan fingerprint density at radius 3 is 2.47 bits per heavy atom. The second-order valence-corrected chi connectivity index (χ2v) is 5.61. The van der Waals surface area contributed by atoms with Crippen LogP contribution in [0.25, 0.3) is 0 Å². The van der Waals surface area contributed by atoms with Gasteiger partial charge in [-0.05, 0) is 25.7 Å². The first-order chi connectivity index (χ1) is 8.89. The summed E-state index contributed by atoms with van der Waals surface area (Å²) in [5.41, 5.74) is 0. The summed E-state index contributed by atoms with van der Waals surface area (Å²) in [5, 5.41) is 8.97. The lowest BCUT2D eigenvalue weighted by Gasteiger charge is -2.36. The number of nitrogens with zero attached hydrogens (tertiary/aromatic N) is 1. The zero-order valence-corrected chi connectivity index (χ0v) is 10.8. The summed E-state index contributed by atoms with van der Waals surface area (Å²) in [4.78, 5) is 24.6. The number of carbonyl (C=O) groups is 2. The van der Waals surface area contributed by atoms with Crippen molar-refractivity contribution in [3.05, 3.63) is 0 Å². The molecular formula is C13H19F2NO3. The van der Waals surface area contributed by atoms with Gasteiger partial charge in [0.05, 0.1) is 5.92 Å². The van der Waals surface area contributed by atoms with Gasteiger partial charge in [0.15, 0.2) is 0 Å². The van der Waals surface area contributed by atoms with E-state index in [1.807, 2.05) is 0 Å². The molecule has 0 bridgehead atoms. The molecule has 0 aromatic rings. The molecule has 1 saturated carbocycles. The van der Waals surface area contributed by atoms with Gasteiger partial charge >= 0.3 is 5.97 Å². The molecule has 19 heavy (non-hydrogen) atoms. The smallest absolute Gasteiger partial charge is 0.308 e. The van der Waals surface area contributed by atoms with Gasteiger partial charge in [0, 0.05) is 31.8 Å². The molecule has 0 aromatic heterocycles. The quantitative estimate of drug-likeness (QED) is 0.840. The third-order valence-electron chi connectivity index (χ3n) is 4.07. The maximum Gasteiger partial charge on any atom is 0.308 e. The summed E-state index contributed by atoms with van der Waals surface area (Å²) in [6.07, 6.45) is 1.50. The van der Waals surface area contributed by atoms with Gasteiger partial charge in [-0.15, -0.1) is 0 Å². The van der Waals surface area contributed by atoms with E-state index < -0.39 is 23.7 Å². The van der Waals surface area contributed by atoms with Gasteiger partial charge in [0.2, 0.25) is 11.8 Å². The molecule has 1 N–H and O–H groups in total. The molecule has 1 saturated heterocycles. The van der Waals surface area contributed by atoms with E-state index in [4.69, 9.17) is 5.11 Å². The Morgan fingerprint density at radius 1 is 1.16 bits per heavy atom. The second kappa shape index (κ2) is 5.43. The summed E-state index contributed by atoms with van der Waals surface area (Å²) in [5.74, 6) is -5.14. The molecule has 4 nitrogen and oxygen atoms in total. The van der Waals surface area contributed by atoms with Crippen LogP contribution < -0.4 is 0 Å². The van der Waals surface area contributed by atoms with Crippen LogP contribution in [-0.4, -0.2) is 40.9 Å². The summed E-state index contributed by atoms with van der Waals surface area (Å²) in [6, 6.07) is 0. The van der Waals surface area contributed by atoms with Gasteiger partial charge in [0.1, 0.15) is 0 Å². The maximum atomic E-state index is 13.3. The van der Waals surface area contributed by atoms with Crippen molar-refractivity contribution < 1.29 is 23.5 Å². The number of halogens is 2. The molecule has 0 spiro atoms. The molecule has 2 atom stereocenters. The number of alkyl halides is 2. The number of aliphatic carboxylic acids is 1. The van der Waals surface area contributed by atoms with Gasteiger partial charge in [-0.25, -0.2) is 8.78 Å². The predicted octanol–water partition coefficient (Wildman–Crippen LogP) is 2.14. The number of rotatable bonds is 2. The molecule has 2 rings (SSSR count). The van der Waals surface area contributed by atoms with Crippen LogP contribution in [0.15, 0.2) is 0 Å². The Morgan fingerprint density at radius 2 is 1.84 bits per heavy atom. The summed E-state index contributed by atoms with van der Waals surface area (Å²) < 4.78 is 26.6. The summed E-state index contributed by atoms with van der Waals surface area (Å²) in [7, 11) is 0. The number of hydrogen-bond acceptors (Lipinski definition) is 2. The highest BCUT2D eigenvalue weighted by Gasteiger charge is 2.41. The zero-order chi connectivity index (χ0) is 14.0. The summed E-state index contributed by atoms with van der Waals surface area (Å²) in [6.45, 7) is 0.654. The largest absolute Gasteiger partial charge is 0.481 e. The highest BCUT2D eigenvalue weighted by Crippen LogP contribution is 2.37. The fourth-order valence-corrected chi connectivity index (χ4v) is 3.02. The number of hydrogen-bond donors (Lipinski definition) is 1. The van der Waals surface area contributed by atoms with Crippen molar-refractivity contribution in [2.24, 2.45) is 11.8 Å². The van der Waals surface area contributed by atoms with E-state index in [0.717, 1.165) is 0 Å². The van der Waals surface area contributed by atoms with E-state index in [1.165, 1.54) is 4.90 Å². The number of carbonyl (C=O) groups excluding carboxylic acids is 1. The second-order valence-electron chi connectivity index (χ2n) is 5.61. The van der Waals surface area contributed by atoms with E-state index in [9.17, 15) is 18.4 Å². The number of likely N-dealkylation sites (tertiary alicyclic amines) is 1. The summed E-state index contributed by atoms with van der Waals surface area (Å²) >= 11 is 0. The highest BCUT2D eigenvalue weighted by atomic mass is 19.3. The van der Waals surface area contributed by atoms with Crippen molar-refractivity contribution in [1.29, 1.82) is 0 Å². The minimum absolute atomic E-state index is 0.144. The average molecular weight is 275 g/mol. The molecule has 6 heteroatoms. The van der Waals surface area contributed by atoms with Crippen LogP contribution in [0.4, 0.5) is 8.78 Å². The van der Waals surface area contributed by atoms with Crippen molar-refractivity contribution in [3.8, 4) is 0 Å². The van der Waals surface area contributed by atoms with Crippen molar-refractivity contribution in [2.45, 2.75) is 44.4 Å². The fourth-order valence-electron chi connectivity index (χ4n) is 3.02. The van der Waals surface area contributed by atoms with Crippen LogP contribution in [0.3, 0.4) is 0 Å². The Hall–Kier alpha value is -1.20. The monoisotopic (exact) mass is 275 g/mol. The Kier molecular flexibility index (Phi) is 4.06. The van der Waals surface area contributed by atoms with E-state index in [0.29, 0.717) is 32.2 Å². The van der Waals surface area contributed by atoms with Crippen LogP contribution >= 0.6 is 0 Å². The molecule has 1 amide bonds. The van der Waals surface area contributed by atoms with Crippen LogP contribution in [-0.2, 0) is 9.59 Å². The van der Waals surface area contributed by atoms with Gasteiger partial charge in [0.25, 0.3) is 0 Å². The Bertz CT molecular complexity index is 373. The first-order valence-electron chi connectivity index (χ1n) is 6.78. The van der Waals surface area contributed by atoms with Gasteiger partial charge in [-0.3, -0.25) is 9.59 Å². The first kappa shape index (κ1) is 14.2. The first-order valence-corrected chi connectivity index (χ1v) is 6.78. The predicted molar refractivity (Wildman–Crippen MR) is 63.8 cm³/mol. The normalized spacial score (nSPS) is 30.9. The number of piperidine rings is 1. The van der Waals surface area contributed by atoms with E-state index in [1.54, 1.807) is 0 Å². The lowest BCUT2D eigenvalue weighted by Crippen LogP contribution is -2.46. The molecule has 1 aliphatic heterocycles. The van der Waals surface area contributed by atoms with Gasteiger partial charge < -0.3 is 10.0 Å². The van der Waals surface area contributed by atoms with Crippen LogP contribution in [0.5, 0.6) is 0 Å². The molecule has 0 radical (unpaired) electrons. The molecule has 1 aliphatic carbocycles. The minimum Gasteiger partial charge on any atom is -0.481 e. The molecule has 2 aliphatic rings. The van der Waals surface area contributed by atoms with Crippen LogP contribution in [0, 0.1) is 11.8 Å². The standard InChI is InChI=1S/C13H19F2NO3/c14-13(15)5-1-3-9(7-13)11(17)16-6-2-4-10(8-16)12(18)19/h9-10H,1-8H2,(H,18,19). The fraction of sp³-hybridized carbons (Fsp3) is 0.846. The van der Waals surface area contributed by atoms with Crippen molar-refractivity contribution in [2.75, 3.05) is 13.1 Å². The lowest BCUT2D eigenvalue weighted by molar-refractivity contribution is -0.149. The Labute approximate surface area is 110 Å². The molecular weight excluding hydrogens is 256 g/mol. The third-order valence-corrected chi connectivity index (χ3v) is 4.07. The lowest BCUT2D eigenvalue weighted by atomic mass is 9.85. The molecule has 0 aromatic carbocycles. The van der Waals surface area contributed by atoms with E-state index in [-0.39, 0.29) is 25.3 Å². The van der Waals surface area contributed by atoms with E-state index >= 15 is 0 Å². The molecule has 108 valence electrons. The van der Waals surface area contributed by atoms with Crippen molar-refractivity contribution in [1.82, 2.24) is 4.90 Å². The molecule has 2 unspecified atom stereocenters. The third kappa shape index (κ3) is 3.42. The van der Waals surface area contributed by atoms with Crippen molar-refractivity contribution >= 4 is 11.9 Å². The average Bonchev–Trinajstić information content (AvgIpc) is 2.37. The number of carboxylic acids is 1. The Balaban J connectivity index is 1.97. The van der Waals surface area contributed by atoms with E-state index in [2.05, 4.69) is 0 Å². The van der Waals surface area contributed by atoms with Gasteiger partial charge in [-0.2, -0.15) is 0 Å². The molecule has 2 fully saturated rings. The van der Waals surface area contributed by atoms with Crippen molar-refractivity contribution in [3.63, 3.8) is 0 Å². The topological polar surface area (TPSA) is 57.6 Å². The maximum absolute atomic E-state index is 13.3.